The molecule has 122 valence electrons. The quantitative estimate of drug-likeness (QED) is 0.315. The van der Waals surface area contributed by atoms with Crippen molar-refractivity contribution in [3.8, 4) is 16.8 Å². The summed E-state index contributed by atoms with van der Waals surface area (Å²) < 4.78 is 2.15. The summed E-state index contributed by atoms with van der Waals surface area (Å²) in [4.78, 5) is 4.08. The van der Waals surface area contributed by atoms with Crippen molar-refractivity contribution >= 4 is 21.5 Å². The third-order valence-electron chi connectivity index (χ3n) is 4.83. The largest absolute Gasteiger partial charge is 0.265 e. The van der Waals surface area contributed by atoms with Gasteiger partial charge in [0.15, 0.2) is 12.4 Å². The molecule has 0 atom stereocenters. The fourth-order valence-corrected chi connectivity index (χ4v) is 3.42. The lowest BCUT2D eigenvalue weighted by molar-refractivity contribution is -0.595. The first-order valence-corrected chi connectivity index (χ1v) is 8.71. The molecule has 26 heavy (non-hydrogen) atoms. The van der Waals surface area contributed by atoms with Gasteiger partial charge in [0, 0.05) is 36.7 Å². The number of benzene rings is 3. The maximum absolute atomic E-state index is 4.08. The number of pyridine rings is 2. The lowest BCUT2D eigenvalue weighted by Crippen LogP contribution is -2.28. The summed E-state index contributed by atoms with van der Waals surface area (Å²) in [6, 6.07) is 28.0. The number of hydrogen-bond acceptors (Lipinski definition) is 1. The average molecular weight is 333 g/mol. The SMILES string of the molecule is c1ccc2cc3cc(-[n+]4ccc(-c5ccncc5)cc4)ccc3cc2c1. The molecule has 2 heterocycles. The Labute approximate surface area is 152 Å². The lowest BCUT2D eigenvalue weighted by Gasteiger charge is -2.04. The van der Waals surface area contributed by atoms with Crippen molar-refractivity contribution in [1.29, 1.82) is 0 Å². The van der Waals surface area contributed by atoms with Crippen LogP contribution in [0.2, 0.25) is 0 Å². The number of hydrogen-bond donors (Lipinski definition) is 0. The van der Waals surface area contributed by atoms with Crippen LogP contribution in [0.15, 0.2) is 104 Å². The Kier molecular flexibility index (Phi) is 3.46. The topological polar surface area (TPSA) is 16.8 Å². The Balaban J connectivity index is 1.57. The minimum absolute atomic E-state index is 1.16. The molecule has 0 unspecified atom stereocenters. The Morgan fingerprint density at radius 1 is 0.538 bits per heavy atom. The second kappa shape index (κ2) is 6.08. The van der Waals surface area contributed by atoms with Crippen LogP contribution in [0.4, 0.5) is 0 Å². The lowest BCUT2D eigenvalue weighted by atomic mass is 10.0. The molecule has 0 radical (unpaired) electrons. The van der Waals surface area contributed by atoms with Gasteiger partial charge in [0.05, 0.1) is 0 Å². The summed E-state index contributed by atoms with van der Waals surface area (Å²) >= 11 is 0. The fourth-order valence-electron chi connectivity index (χ4n) is 3.42. The van der Waals surface area contributed by atoms with Crippen LogP contribution in [0.1, 0.15) is 0 Å². The summed E-state index contributed by atoms with van der Waals surface area (Å²) in [5.74, 6) is 0. The number of aromatic nitrogens is 2. The van der Waals surface area contributed by atoms with Crippen LogP contribution in [-0.2, 0) is 0 Å². The monoisotopic (exact) mass is 333 g/mol. The van der Waals surface area contributed by atoms with Gasteiger partial charge in [-0.05, 0) is 63.0 Å². The van der Waals surface area contributed by atoms with Gasteiger partial charge in [-0.3, -0.25) is 4.98 Å². The molecular formula is C24H17N2+. The van der Waals surface area contributed by atoms with E-state index in [1.165, 1.54) is 32.7 Å². The summed E-state index contributed by atoms with van der Waals surface area (Å²) in [7, 11) is 0. The van der Waals surface area contributed by atoms with Crippen molar-refractivity contribution in [2.75, 3.05) is 0 Å². The molecule has 0 aliphatic carbocycles. The minimum atomic E-state index is 1.16. The molecule has 5 aromatic rings. The third kappa shape index (κ3) is 2.62. The van der Waals surface area contributed by atoms with Gasteiger partial charge in [0.25, 0.3) is 0 Å². The first-order chi connectivity index (χ1) is 12.9. The van der Waals surface area contributed by atoms with Crippen LogP contribution in [-0.4, -0.2) is 4.98 Å². The predicted molar refractivity (Wildman–Crippen MR) is 106 cm³/mol. The van der Waals surface area contributed by atoms with Gasteiger partial charge in [-0.25, -0.2) is 0 Å². The second-order valence-electron chi connectivity index (χ2n) is 6.46. The average Bonchev–Trinajstić information content (AvgIpc) is 2.72. The van der Waals surface area contributed by atoms with Crippen molar-refractivity contribution in [1.82, 2.24) is 4.98 Å². The van der Waals surface area contributed by atoms with Crippen molar-refractivity contribution < 1.29 is 4.57 Å². The molecule has 0 saturated heterocycles. The van der Waals surface area contributed by atoms with E-state index in [-0.39, 0.29) is 0 Å². The molecule has 0 aliphatic heterocycles. The van der Waals surface area contributed by atoms with E-state index in [2.05, 4.69) is 88.7 Å². The predicted octanol–water partition coefficient (Wildman–Crippen LogP) is 5.33. The summed E-state index contributed by atoms with van der Waals surface area (Å²) in [6.07, 6.45) is 7.87. The van der Waals surface area contributed by atoms with Crippen molar-refractivity contribution in [3.05, 3.63) is 104 Å². The third-order valence-corrected chi connectivity index (χ3v) is 4.83. The Bertz CT molecular complexity index is 1210. The van der Waals surface area contributed by atoms with Gasteiger partial charge < -0.3 is 0 Å². The van der Waals surface area contributed by atoms with E-state index in [1.807, 2.05) is 24.5 Å². The normalized spacial score (nSPS) is 11.1. The molecule has 0 saturated carbocycles. The van der Waals surface area contributed by atoms with Crippen LogP contribution < -0.4 is 4.57 Å². The summed E-state index contributed by atoms with van der Waals surface area (Å²) in [5, 5.41) is 5.07. The highest BCUT2D eigenvalue weighted by Gasteiger charge is 2.08. The second-order valence-corrected chi connectivity index (χ2v) is 6.46. The van der Waals surface area contributed by atoms with E-state index in [0.29, 0.717) is 0 Å². The smallest absolute Gasteiger partial charge is 0.211 e. The molecule has 5 rings (SSSR count). The molecule has 2 aromatic heterocycles. The molecule has 0 N–H and O–H groups in total. The van der Waals surface area contributed by atoms with Gasteiger partial charge in [-0.15, -0.1) is 0 Å². The molecule has 0 amide bonds. The molecule has 2 nitrogen and oxygen atoms in total. The van der Waals surface area contributed by atoms with Crippen LogP contribution >= 0.6 is 0 Å². The molecule has 0 bridgehead atoms. The maximum Gasteiger partial charge on any atom is 0.211 e. The van der Waals surface area contributed by atoms with Crippen molar-refractivity contribution in [3.63, 3.8) is 0 Å². The van der Waals surface area contributed by atoms with E-state index in [9.17, 15) is 0 Å². The zero-order valence-corrected chi connectivity index (χ0v) is 14.2. The minimum Gasteiger partial charge on any atom is -0.265 e. The van der Waals surface area contributed by atoms with Crippen LogP contribution in [0.25, 0.3) is 38.4 Å². The fraction of sp³-hybridized carbons (Fsp3) is 0. The first kappa shape index (κ1) is 14.8. The molecular weight excluding hydrogens is 316 g/mol. The van der Waals surface area contributed by atoms with E-state index in [4.69, 9.17) is 0 Å². The molecule has 0 aliphatic rings. The Morgan fingerprint density at radius 3 is 1.88 bits per heavy atom. The maximum atomic E-state index is 4.08. The molecule has 3 aromatic carbocycles. The van der Waals surface area contributed by atoms with Gasteiger partial charge >= 0.3 is 0 Å². The van der Waals surface area contributed by atoms with Crippen molar-refractivity contribution in [2.45, 2.75) is 0 Å². The van der Waals surface area contributed by atoms with E-state index >= 15 is 0 Å². The van der Waals surface area contributed by atoms with Gasteiger partial charge in [0.2, 0.25) is 5.69 Å². The van der Waals surface area contributed by atoms with Crippen LogP contribution in [0, 0.1) is 0 Å². The van der Waals surface area contributed by atoms with E-state index in [1.54, 1.807) is 0 Å². The molecule has 0 fully saturated rings. The van der Waals surface area contributed by atoms with E-state index in [0.717, 1.165) is 5.69 Å². The standard InChI is InChI=1S/C24H17N2/c1-2-4-21-16-23-17-24(6-5-22(23)15-20(21)3-1)26-13-9-19(10-14-26)18-7-11-25-12-8-18/h1-17H/q+1. The highest BCUT2D eigenvalue weighted by Crippen LogP contribution is 2.24. The Hall–Kier alpha value is -3.52. The zero-order chi connectivity index (χ0) is 17.3. The molecule has 0 spiro atoms. The highest BCUT2D eigenvalue weighted by atomic mass is 14.9. The Morgan fingerprint density at radius 2 is 1.15 bits per heavy atom. The number of nitrogens with zero attached hydrogens (tertiary/aromatic N) is 2. The van der Waals surface area contributed by atoms with Gasteiger partial charge in [-0.1, -0.05) is 24.3 Å². The summed E-state index contributed by atoms with van der Waals surface area (Å²) in [5.41, 5.74) is 3.53. The van der Waals surface area contributed by atoms with Crippen molar-refractivity contribution in [2.24, 2.45) is 0 Å². The zero-order valence-electron chi connectivity index (χ0n) is 14.2. The number of fused-ring (bicyclic) bond motifs is 2. The van der Waals surface area contributed by atoms with E-state index < -0.39 is 0 Å². The van der Waals surface area contributed by atoms with Crippen LogP contribution in [0.3, 0.4) is 0 Å². The highest BCUT2D eigenvalue weighted by molar-refractivity contribution is 5.98. The summed E-state index contributed by atoms with van der Waals surface area (Å²) in [6.45, 7) is 0. The van der Waals surface area contributed by atoms with Gasteiger partial charge in [-0.2, -0.15) is 4.57 Å². The number of rotatable bonds is 2. The van der Waals surface area contributed by atoms with Crippen LogP contribution in [0.5, 0.6) is 0 Å². The van der Waals surface area contributed by atoms with Gasteiger partial charge in [0.1, 0.15) is 0 Å². The first-order valence-electron chi connectivity index (χ1n) is 8.71. The molecule has 2 heteroatoms.